The zero-order valence-electron chi connectivity index (χ0n) is 9.07. The van der Waals surface area contributed by atoms with Gasteiger partial charge in [0.05, 0.1) is 5.92 Å². The molecule has 3 heteroatoms. The Kier molecular flexibility index (Phi) is 2.04. The molecule has 3 nitrogen and oxygen atoms in total. The van der Waals surface area contributed by atoms with E-state index in [1.165, 1.54) is 11.1 Å². The molecule has 1 spiro atoms. The van der Waals surface area contributed by atoms with Crippen LogP contribution in [0.3, 0.4) is 0 Å². The minimum absolute atomic E-state index is 0.150. The summed E-state index contributed by atoms with van der Waals surface area (Å²) >= 11 is 0. The van der Waals surface area contributed by atoms with Crippen LogP contribution in [-0.2, 0) is 16.6 Å². The Bertz CT molecular complexity index is 443. The van der Waals surface area contributed by atoms with Gasteiger partial charge in [0.2, 0.25) is 0 Å². The van der Waals surface area contributed by atoms with Crippen LogP contribution in [0, 0.1) is 5.92 Å². The molecular weight excluding hydrogens is 202 g/mol. The highest BCUT2D eigenvalue weighted by molar-refractivity contribution is 5.74. The number of carboxylic acids is 1. The summed E-state index contributed by atoms with van der Waals surface area (Å²) in [6.07, 6.45) is 1.98. The van der Waals surface area contributed by atoms with Crippen LogP contribution in [0.15, 0.2) is 24.3 Å². The second-order valence-corrected chi connectivity index (χ2v) is 4.84. The molecule has 0 radical (unpaired) electrons. The third-order valence-electron chi connectivity index (χ3n) is 4.15. The molecule has 1 aromatic carbocycles. The lowest BCUT2D eigenvalue weighted by Gasteiger charge is -2.28. The first-order valence-electron chi connectivity index (χ1n) is 5.76. The molecule has 0 saturated carbocycles. The van der Waals surface area contributed by atoms with E-state index in [2.05, 4.69) is 17.4 Å². The van der Waals surface area contributed by atoms with Crippen molar-refractivity contribution in [2.24, 2.45) is 5.92 Å². The van der Waals surface area contributed by atoms with Crippen molar-refractivity contribution >= 4 is 5.97 Å². The minimum atomic E-state index is -0.665. The second-order valence-electron chi connectivity index (χ2n) is 4.84. The van der Waals surface area contributed by atoms with Gasteiger partial charge in [-0.05, 0) is 24.0 Å². The molecule has 2 atom stereocenters. The van der Waals surface area contributed by atoms with Crippen molar-refractivity contribution in [2.75, 3.05) is 13.1 Å². The Morgan fingerprint density at radius 3 is 3.06 bits per heavy atom. The number of carbonyl (C=O) groups is 1. The van der Waals surface area contributed by atoms with Crippen molar-refractivity contribution in [1.29, 1.82) is 0 Å². The molecule has 16 heavy (non-hydrogen) atoms. The van der Waals surface area contributed by atoms with Gasteiger partial charge in [-0.2, -0.15) is 0 Å². The van der Waals surface area contributed by atoms with Gasteiger partial charge in [-0.15, -0.1) is 0 Å². The summed E-state index contributed by atoms with van der Waals surface area (Å²) in [6.45, 7) is 1.41. The van der Waals surface area contributed by atoms with E-state index in [0.717, 1.165) is 19.4 Å². The number of rotatable bonds is 1. The maximum atomic E-state index is 11.3. The largest absolute Gasteiger partial charge is 0.481 e. The zero-order valence-corrected chi connectivity index (χ0v) is 9.07. The molecule has 0 amide bonds. The molecule has 1 heterocycles. The van der Waals surface area contributed by atoms with Crippen molar-refractivity contribution in [1.82, 2.24) is 5.32 Å². The Morgan fingerprint density at radius 1 is 1.44 bits per heavy atom. The lowest BCUT2D eigenvalue weighted by Crippen LogP contribution is -2.37. The highest BCUT2D eigenvalue weighted by Crippen LogP contribution is 2.46. The molecule has 0 bridgehead atoms. The van der Waals surface area contributed by atoms with Gasteiger partial charge < -0.3 is 10.4 Å². The molecule has 1 aliphatic carbocycles. The number of hydrogen-bond acceptors (Lipinski definition) is 2. The number of nitrogens with one attached hydrogen (secondary N) is 1. The summed E-state index contributed by atoms with van der Waals surface area (Å²) in [5, 5.41) is 12.6. The fourth-order valence-corrected chi connectivity index (χ4v) is 3.34. The standard InChI is InChI=1S/C13H15NO2/c15-12(16)11-7-14-8-13(11)6-5-9-3-1-2-4-10(9)13/h1-4,11,14H,5-8H2,(H,15,16). The summed E-state index contributed by atoms with van der Waals surface area (Å²) in [7, 11) is 0. The Morgan fingerprint density at radius 2 is 2.25 bits per heavy atom. The van der Waals surface area contributed by atoms with Crippen LogP contribution in [0.25, 0.3) is 0 Å². The number of carboxylic acid groups (broad SMARTS) is 1. The number of fused-ring (bicyclic) bond motifs is 2. The summed E-state index contributed by atoms with van der Waals surface area (Å²) < 4.78 is 0. The quantitative estimate of drug-likeness (QED) is 0.742. The number of aliphatic carboxylic acids is 1. The average Bonchev–Trinajstić information content (AvgIpc) is 2.86. The van der Waals surface area contributed by atoms with Gasteiger partial charge in [0.25, 0.3) is 0 Å². The highest BCUT2D eigenvalue weighted by Gasteiger charge is 2.51. The molecule has 1 saturated heterocycles. The van der Waals surface area contributed by atoms with Gasteiger partial charge >= 0.3 is 5.97 Å². The average molecular weight is 217 g/mol. The fourth-order valence-electron chi connectivity index (χ4n) is 3.34. The first-order chi connectivity index (χ1) is 7.74. The van der Waals surface area contributed by atoms with Gasteiger partial charge in [-0.3, -0.25) is 4.79 Å². The number of aryl methyl sites for hydroxylation is 1. The van der Waals surface area contributed by atoms with Crippen molar-refractivity contribution in [2.45, 2.75) is 18.3 Å². The van der Waals surface area contributed by atoms with Crippen LogP contribution in [-0.4, -0.2) is 24.2 Å². The van der Waals surface area contributed by atoms with Crippen LogP contribution in [0.4, 0.5) is 0 Å². The van der Waals surface area contributed by atoms with Gasteiger partial charge in [0.15, 0.2) is 0 Å². The third-order valence-corrected chi connectivity index (χ3v) is 4.15. The molecular formula is C13H15NO2. The topological polar surface area (TPSA) is 49.3 Å². The minimum Gasteiger partial charge on any atom is -0.481 e. The normalized spacial score (nSPS) is 31.9. The van der Waals surface area contributed by atoms with E-state index in [4.69, 9.17) is 0 Å². The van der Waals surface area contributed by atoms with Crippen LogP contribution in [0.1, 0.15) is 17.5 Å². The van der Waals surface area contributed by atoms with Crippen LogP contribution in [0.2, 0.25) is 0 Å². The summed E-state index contributed by atoms with van der Waals surface area (Å²) in [6, 6.07) is 8.28. The number of hydrogen-bond donors (Lipinski definition) is 2. The molecule has 84 valence electrons. The Hall–Kier alpha value is -1.35. The summed E-state index contributed by atoms with van der Waals surface area (Å²) in [5.41, 5.74) is 2.44. The van der Waals surface area contributed by atoms with Gasteiger partial charge in [0.1, 0.15) is 0 Å². The monoisotopic (exact) mass is 217 g/mol. The van der Waals surface area contributed by atoms with Crippen LogP contribution >= 0.6 is 0 Å². The molecule has 0 aromatic heterocycles. The van der Waals surface area contributed by atoms with E-state index >= 15 is 0 Å². The highest BCUT2D eigenvalue weighted by atomic mass is 16.4. The van der Waals surface area contributed by atoms with Gasteiger partial charge in [-0.25, -0.2) is 0 Å². The van der Waals surface area contributed by atoms with Gasteiger partial charge in [-0.1, -0.05) is 24.3 Å². The van der Waals surface area contributed by atoms with Crippen LogP contribution < -0.4 is 5.32 Å². The summed E-state index contributed by atoms with van der Waals surface area (Å²) in [4.78, 5) is 11.3. The molecule has 3 rings (SSSR count). The maximum Gasteiger partial charge on any atom is 0.308 e. The van der Waals surface area contributed by atoms with Gasteiger partial charge in [0, 0.05) is 18.5 Å². The molecule has 1 aliphatic heterocycles. The summed E-state index contributed by atoms with van der Waals surface area (Å²) in [5.74, 6) is -0.933. The van der Waals surface area contributed by atoms with Crippen molar-refractivity contribution < 1.29 is 9.90 Å². The molecule has 2 N–H and O–H groups in total. The zero-order chi connectivity index (χ0) is 11.2. The van der Waals surface area contributed by atoms with E-state index in [0.29, 0.717) is 6.54 Å². The first kappa shape index (κ1) is 9.85. The number of benzene rings is 1. The van der Waals surface area contributed by atoms with E-state index < -0.39 is 5.97 Å². The van der Waals surface area contributed by atoms with Crippen molar-refractivity contribution in [3.63, 3.8) is 0 Å². The van der Waals surface area contributed by atoms with Crippen molar-refractivity contribution in [3.8, 4) is 0 Å². The molecule has 2 aliphatic rings. The molecule has 1 fully saturated rings. The third kappa shape index (κ3) is 1.15. The first-order valence-corrected chi connectivity index (χ1v) is 5.76. The lowest BCUT2D eigenvalue weighted by molar-refractivity contribution is -0.143. The Balaban J connectivity index is 2.10. The predicted molar refractivity (Wildman–Crippen MR) is 60.4 cm³/mol. The smallest absolute Gasteiger partial charge is 0.308 e. The SMILES string of the molecule is O=C(O)C1CNCC12CCc1ccccc12. The van der Waals surface area contributed by atoms with Crippen LogP contribution in [0.5, 0.6) is 0 Å². The molecule has 2 unspecified atom stereocenters. The fraction of sp³-hybridized carbons (Fsp3) is 0.462. The lowest BCUT2D eigenvalue weighted by atomic mass is 9.73. The van der Waals surface area contributed by atoms with E-state index in [1.54, 1.807) is 0 Å². The van der Waals surface area contributed by atoms with E-state index in [1.807, 2.05) is 12.1 Å². The van der Waals surface area contributed by atoms with Crippen molar-refractivity contribution in [3.05, 3.63) is 35.4 Å². The predicted octanol–water partition coefficient (Wildman–Crippen LogP) is 1.17. The van der Waals surface area contributed by atoms with E-state index in [-0.39, 0.29) is 11.3 Å². The molecule has 1 aromatic rings. The second kappa shape index (κ2) is 3.32. The Labute approximate surface area is 94.5 Å². The van der Waals surface area contributed by atoms with E-state index in [9.17, 15) is 9.90 Å². The maximum absolute atomic E-state index is 11.3.